The number of epoxide rings is 1. The summed E-state index contributed by atoms with van der Waals surface area (Å²) in [6.45, 7) is 3.20. The largest absolute Gasteiger partial charge is 0.374 e. The van der Waals surface area contributed by atoms with Crippen LogP contribution in [0.3, 0.4) is 0 Å². The molecule has 0 bridgehead atoms. The van der Waals surface area contributed by atoms with E-state index >= 15 is 0 Å². The Hall–Kier alpha value is 0.0249. The van der Waals surface area contributed by atoms with Crippen LogP contribution in [0.1, 0.15) is 13.3 Å². The molecule has 0 N–H and O–H groups in total. The molecule has 1 unspecified atom stereocenters. The molecule has 8 heavy (non-hydrogen) atoms. The van der Waals surface area contributed by atoms with Gasteiger partial charge in [0, 0.05) is 0 Å². The van der Waals surface area contributed by atoms with E-state index in [0.717, 1.165) is 6.61 Å². The SMILES string of the molecule is CCC[B]CC1CO1. The zero-order valence-electron chi connectivity index (χ0n) is 5.39. The third kappa shape index (κ3) is 2.36. The summed E-state index contributed by atoms with van der Waals surface area (Å²) in [5.74, 6) is 0. The summed E-state index contributed by atoms with van der Waals surface area (Å²) in [5.41, 5.74) is 0. The van der Waals surface area contributed by atoms with Gasteiger partial charge in [0.05, 0.1) is 12.7 Å². The molecule has 0 aromatic carbocycles. The Morgan fingerprint density at radius 1 is 1.75 bits per heavy atom. The maximum atomic E-state index is 5.02. The van der Waals surface area contributed by atoms with Crippen LogP contribution in [0.15, 0.2) is 0 Å². The van der Waals surface area contributed by atoms with Gasteiger partial charge in [-0.25, -0.2) is 0 Å². The average Bonchev–Trinajstić information content (AvgIpc) is 2.51. The Labute approximate surface area is 51.7 Å². The highest BCUT2D eigenvalue weighted by Gasteiger charge is 2.20. The summed E-state index contributed by atoms with van der Waals surface area (Å²) in [6.07, 6.45) is 4.29. The molecule has 1 rings (SSSR count). The summed E-state index contributed by atoms with van der Waals surface area (Å²) in [6, 6.07) is 0. The molecule has 1 aliphatic rings. The number of hydrogen-bond donors (Lipinski definition) is 0. The third-order valence-corrected chi connectivity index (χ3v) is 1.32. The second kappa shape index (κ2) is 3.13. The van der Waals surface area contributed by atoms with Crippen LogP contribution in [0.4, 0.5) is 0 Å². The van der Waals surface area contributed by atoms with Crippen LogP contribution in [0, 0.1) is 0 Å². The molecule has 2 heteroatoms. The van der Waals surface area contributed by atoms with Crippen molar-refractivity contribution in [1.29, 1.82) is 0 Å². The molecule has 1 aliphatic heterocycles. The molecule has 45 valence electrons. The molecular formula is C6H12BO. The van der Waals surface area contributed by atoms with Crippen LogP contribution in [0.5, 0.6) is 0 Å². The van der Waals surface area contributed by atoms with Gasteiger partial charge in [-0.1, -0.05) is 26.0 Å². The van der Waals surface area contributed by atoms with Gasteiger partial charge in [0.25, 0.3) is 0 Å². The minimum atomic E-state index is 0.599. The normalized spacial score (nSPS) is 25.4. The van der Waals surface area contributed by atoms with Gasteiger partial charge in [0.2, 0.25) is 0 Å². The Morgan fingerprint density at radius 2 is 2.50 bits per heavy atom. The summed E-state index contributed by atoms with van der Waals surface area (Å²) in [4.78, 5) is 0. The Morgan fingerprint density at radius 3 is 3.00 bits per heavy atom. The van der Waals surface area contributed by atoms with Gasteiger partial charge in [0.1, 0.15) is 7.28 Å². The van der Waals surface area contributed by atoms with Crippen LogP contribution in [0.25, 0.3) is 0 Å². The lowest BCUT2D eigenvalue weighted by Gasteiger charge is -1.88. The van der Waals surface area contributed by atoms with Crippen LogP contribution in [0.2, 0.25) is 12.6 Å². The van der Waals surface area contributed by atoms with Crippen molar-refractivity contribution in [2.24, 2.45) is 0 Å². The van der Waals surface area contributed by atoms with E-state index in [1.54, 1.807) is 0 Å². The van der Waals surface area contributed by atoms with Gasteiger partial charge in [0.15, 0.2) is 0 Å². The zero-order valence-corrected chi connectivity index (χ0v) is 5.39. The van der Waals surface area contributed by atoms with Gasteiger partial charge in [-0.05, 0) is 0 Å². The predicted molar refractivity (Wildman–Crippen MR) is 35.4 cm³/mol. The van der Waals surface area contributed by atoms with E-state index in [2.05, 4.69) is 14.2 Å². The molecule has 0 aliphatic carbocycles. The van der Waals surface area contributed by atoms with Crippen molar-refractivity contribution in [2.75, 3.05) is 6.61 Å². The quantitative estimate of drug-likeness (QED) is 0.303. The molecule has 0 spiro atoms. The fourth-order valence-electron chi connectivity index (χ4n) is 0.712. The monoisotopic (exact) mass is 111 g/mol. The first-order valence-corrected chi connectivity index (χ1v) is 3.36. The summed E-state index contributed by atoms with van der Waals surface area (Å²) in [5, 5.41) is 0. The van der Waals surface area contributed by atoms with E-state index in [1.165, 1.54) is 19.1 Å². The average molecular weight is 111 g/mol. The van der Waals surface area contributed by atoms with Crippen molar-refractivity contribution in [2.45, 2.75) is 32.1 Å². The highest BCUT2D eigenvalue weighted by molar-refractivity contribution is 6.35. The molecule has 0 amide bonds. The molecule has 1 nitrogen and oxygen atoms in total. The van der Waals surface area contributed by atoms with E-state index in [9.17, 15) is 0 Å². The first kappa shape index (κ1) is 6.15. The van der Waals surface area contributed by atoms with Gasteiger partial charge in [-0.3, -0.25) is 0 Å². The lowest BCUT2D eigenvalue weighted by atomic mass is 9.69. The van der Waals surface area contributed by atoms with Crippen molar-refractivity contribution in [1.82, 2.24) is 0 Å². The maximum absolute atomic E-state index is 5.02. The fraction of sp³-hybridized carbons (Fsp3) is 1.00. The van der Waals surface area contributed by atoms with E-state index in [-0.39, 0.29) is 0 Å². The van der Waals surface area contributed by atoms with E-state index in [4.69, 9.17) is 4.74 Å². The molecule has 0 saturated carbocycles. The second-order valence-corrected chi connectivity index (χ2v) is 2.27. The minimum Gasteiger partial charge on any atom is -0.374 e. The zero-order chi connectivity index (χ0) is 5.82. The lowest BCUT2D eigenvalue weighted by molar-refractivity contribution is 0.422. The van der Waals surface area contributed by atoms with Gasteiger partial charge >= 0.3 is 0 Å². The smallest absolute Gasteiger partial charge is 0.112 e. The van der Waals surface area contributed by atoms with Crippen LogP contribution < -0.4 is 0 Å². The summed E-state index contributed by atoms with van der Waals surface area (Å²) >= 11 is 0. The van der Waals surface area contributed by atoms with Crippen molar-refractivity contribution < 1.29 is 4.74 Å². The summed E-state index contributed by atoms with van der Waals surface area (Å²) in [7, 11) is 2.32. The van der Waals surface area contributed by atoms with Crippen molar-refractivity contribution in [3.05, 3.63) is 0 Å². The molecule has 1 heterocycles. The van der Waals surface area contributed by atoms with E-state index in [1.807, 2.05) is 0 Å². The van der Waals surface area contributed by atoms with E-state index in [0.29, 0.717) is 6.10 Å². The van der Waals surface area contributed by atoms with Gasteiger partial charge in [-0.2, -0.15) is 0 Å². The highest BCUT2D eigenvalue weighted by atomic mass is 16.6. The minimum absolute atomic E-state index is 0.599. The standard InChI is InChI=1S/C6H12BO/c1-2-3-7-4-6-5-8-6/h6H,2-5H2,1H3. The Bertz CT molecular complexity index is 61.5. The van der Waals surface area contributed by atoms with Crippen LogP contribution in [-0.4, -0.2) is 20.0 Å². The van der Waals surface area contributed by atoms with E-state index < -0.39 is 0 Å². The molecule has 1 atom stereocenters. The van der Waals surface area contributed by atoms with Crippen LogP contribution >= 0.6 is 0 Å². The van der Waals surface area contributed by atoms with Crippen molar-refractivity contribution in [3.63, 3.8) is 0 Å². The van der Waals surface area contributed by atoms with Crippen LogP contribution in [-0.2, 0) is 4.74 Å². The second-order valence-electron chi connectivity index (χ2n) is 2.27. The third-order valence-electron chi connectivity index (χ3n) is 1.32. The molecule has 1 radical (unpaired) electrons. The first-order chi connectivity index (χ1) is 3.93. The van der Waals surface area contributed by atoms with Gasteiger partial charge < -0.3 is 4.74 Å². The molecular weight excluding hydrogens is 98.9 g/mol. The number of rotatable bonds is 4. The maximum Gasteiger partial charge on any atom is 0.112 e. The Kier molecular flexibility index (Phi) is 2.41. The highest BCUT2D eigenvalue weighted by Crippen LogP contribution is 2.13. The summed E-state index contributed by atoms with van der Waals surface area (Å²) < 4.78 is 5.02. The number of hydrogen-bond acceptors (Lipinski definition) is 1. The predicted octanol–water partition coefficient (Wildman–Crippen LogP) is 1.34. The molecule has 0 aromatic rings. The molecule has 1 fully saturated rings. The van der Waals surface area contributed by atoms with Gasteiger partial charge in [-0.15, -0.1) is 0 Å². The molecule has 1 saturated heterocycles. The topological polar surface area (TPSA) is 12.5 Å². The first-order valence-electron chi connectivity index (χ1n) is 3.36. The van der Waals surface area contributed by atoms with Crippen molar-refractivity contribution in [3.8, 4) is 0 Å². The lowest BCUT2D eigenvalue weighted by Crippen LogP contribution is -1.92. The van der Waals surface area contributed by atoms with Crippen molar-refractivity contribution >= 4 is 7.28 Å². The molecule has 0 aromatic heterocycles. The number of ether oxygens (including phenoxy) is 1. The Balaban J connectivity index is 1.74. The fourth-order valence-corrected chi connectivity index (χ4v) is 0.712.